The summed E-state index contributed by atoms with van der Waals surface area (Å²) in [6, 6.07) is 3.49. The number of carbonyl (C=O) groups is 1. The van der Waals surface area contributed by atoms with Crippen molar-refractivity contribution in [2.75, 3.05) is 0 Å². The van der Waals surface area contributed by atoms with Crippen LogP contribution in [-0.2, 0) is 0 Å². The van der Waals surface area contributed by atoms with Crippen molar-refractivity contribution >= 4 is 5.97 Å². The number of hydrogen-bond donors (Lipinski definition) is 1. The summed E-state index contributed by atoms with van der Waals surface area (Å²) >= 11 is 0. The van der Waals surface area contributed by atoms with E-state index in [9.17, 15) is 4.79 Å². The van der Waals surface area contributed by atoms with Crippen molar-refractivity contribution in [3.63, 3.8) is 0 Å². The molecule has 0 saturated carbocycles. The molecule has 5 heteroatoms. The lowest BCUT2D eigenvalue weighted by Crippen LogP contribution is -1.91. The maximum atomic E-state index is 10.6. The first-order valence-electron chi connectivity index (χ1n) is 4.29. The number of pyridine rings is 1. The maximum Gasteiger partial charge on any atom is 0.373 e. The average molecular weight is 204 g/mol. The van der Waals surface area contributed by atoms with Crippen molar-refractivity contribution in [2.24, 2.45) is 0 Å². The second-order valence-corrected chi connectivity index (χ2v) is 3.02. The van der Waals surface area contributed by atoms with Gasteiger partial charge in [0.2, 0.25) is 11.7 Å². The summed E-state index contributed by atoms with van der Waals surface area (Å²) < 4.78 is 5.05. The molecule has 0 amide bonds. The first-order valence-corrected chi connectivity index (χ1v) is 4.29. The van der Waals surface area contributed by atoms with Crippen LogP contribution in [0.5, 0.6) is 0 Å². The molecule has 0 bridgehead atoms. The third-order valence-corrected chi connectivity index (χ3v) is 1.86. The molecule has 0 unspecified atom stereocenters. The molecule has 0 aliphatic rings. The number of carboxylic acids is 1. The third-order valence-electron chi connectivity index (χ3n) is 1.86. The van der Waals surface area contributed by atoms with E-state index < -0.39 is 5.97 Å². The molecule has 0 atom stereocenters. The van der Waals surface area contributed by atoms with Crippen molar-refractivity contribution in [3.05, 3.63) is 36.0 Å². The average Bonchev–Trinajstić information content (AvgIpc) is 2.66. The number of aromatic carboxylic acids is 1. The van der Waals surface area contributed by atoms with Crippen LogP contribution in [0.3, 0.4) is 0 Å². The summed E-state index contributed by atoms with van der Waals surface area (Å²) in [6.45, 7) is 1.84. The van der Waals surface area contributed by atoms with E-state index in [4.69, 9.17) is 9.52 Å². The summed E-state index contributed by atoms with van der Waals surface area (Å²) in [4.78, 5) is 18.5. The molecule has 0 fully saturated rings. The van der Waals surface area contributed by atoms with E-state index in [2.05, 4.69) is 9.97 Å². The predicted molar refractivity (Wildman–Crippen MR) is 51.4 cm³/mol. The van der Waals surface area contributed by atoms with E-state index in [0.29, 0.717) is 0 Å². The van der Waals surface area contributed by atoms with Crippen LogP contribution in [0.1, 0.15) is 16.2 Å². The van der Waals surface area contributed by atoms with Gasteiger partial charge in [-0.05, 0) is 19.1 Å². The topological polar surface area (TPSA) is 76.2 Å². The molecule has 5 nitrogen and oxygen atoms in total. The van der Waals surface area contributed by atoms with Crippen molar-refractivity contribution in [3.8, 4) is 11.5 Å². The Morgan fingerprint density at radius 3 is 2.87 bits per heavy atom. The Kier molecular flexibility index (Phi) is 2.21. The van der Waals surface area contributed by atoms with Crippen LogP contribution in [0, 0.1) is 6.92 Å². The monoisotopic (exact) mass is 204 g/mol. The Hall–Kier alpha value is -2.17. The maximum absolute atomic E-state index is 10.6. The molecule has 2 heterocycles. The van der Waals surface area contributed by atoms with Crippen LogP contribution in [0.4, 0.5) is 0 Å². The highest BCUT2D eigenvalue weighted by Crippen LogP contribution is 2.18. The molecule has 0 aliphatic heterocycles. The molecule has 2 aromatic heterocycles. The minimum atomic E-state index is -1.13. The van der Waals surface area contributed by atoms with Crippen LogP contribution < -0.4 is 0 Å². The zero-order valence-corrected chi connectivity index (χ0v) is 7.97. The largest absolute Gasteiger partial charge is 0.475 e. The molecule has 15 heavy (non-hydrogen) atoms. The minimum Gasteiger partial charge on any atom is -0.475 e. The zero-order valence-electron chi connectivity index (χ0n) is 7.97. The highest BCUT2D eigenvalue weighted by atomic mass is 16.4. The minimum absolute atomic E-state index is 0.167. The standard InChI is InChI=1S/C10H8N2O3/c1-6-4-7(2-3-11-6)9-12-5-8(15-9)10(13)14/h2-5H,1H3,(H,13,14). The van der Waals surface area contributed by atoms with E-state index in [1.807, 2.05) is 6.92 Å². The number of carboxylic acid groups (broad SMARTS) is 1. The van der Waals surface area contributed by atoms with Gasteiger partial charge in [0.1, 0.15) is 0 Å². The Balaban J connectivity index is 2.41. The molecular formula is C10H8N2O3. The number of oxazole rings is 1. The van der Waals surface area contributed by atoms with Gasteiger partial charge in [-0.15, -0.1) is 0 Å². The fourth-order valence-corrected chi connectivity index (χ4v) is 1.19. The lowest BCUT2D eigenvalue weighted by atomic mass is 10.2. The van der Waals surface area contributed by atoms with Crippen molar-refractivity contribution in [1.29, 1.82) is 0 Å². The Labute approximate surface area is 85.4 Å². The zero-order chi connectivity index (χ0) is 10.8. The Morgan fingerprint density at radius 2 is 2.27 bits per heavy atom. The summed E-state index contributed by atoms with van der Waals surface area (Å²) in [5.41, 5.74) is 1.54. The number of aryl methyl sites for hydroxylation is 1. The lowest BCUT2D eigenvalue weighted by Gasteiger charge is -1.95. The molecule has 0 aromatic carbocycles. The van der Waals surface area contributed by atoms with Gasteiger partial charge in [-0.2, -0.15) is 0 Å². The van der Waals surface area contributed by atoms with Gasteiger partial charge in [0.05, 0.1) is 6.20 Å². The predicted octanol–water partition coefficient (Wildman–Crippen LogP) is 1.74. The molecule has 76 valence electrons. The van der Waals surface area contributed by atoms with Gasteiger partial charge in [0.15, 0.2) is 0 Å². The summed E-state index contributed by atoms with van der Waals surface area (Å²) in [7, 11) is 0. The van der Waals surface area contributed by atoms with Crippen LogP contribution in [0.15, 0.2) is 28.9 Å². The fourth-order valence-electron chi connectivity index (χ4n) is 1.19. The summed E-state index contributed by atoms with van der Waals surface area (Å²) in [6.07, 6.45) is 2.81. The third kappa shape index (κ3) is 1.85. The molecule has 0 radical (unpaired) electrons. The molecule has 0 aliphatic carbocycles. The summed E-state index contributed by atoms with van der Waals surface area (Å²) in [5.74, 6) is -1.00. The van der Waals surface area contributed by atoms with Gasteiger partial charge >= 0.3 is 5.97 Å². The molecule has 2 rings (SSSR count). The van der Waals surface area contributed by atoms with Gasteiger partial charge in [0, 0.05) is 17.5 Å². The Morgan fingerprint density at radius 1 is 1.47 bits per heavy atom. The number of nitrogens with zero attached hydrogens (tertiary/aromatic N) is 2. The van der Waals surface area contributed by atoms with Crippen LogP contribution in [-0.4, -0.2) is 21.0 Å². The van der Waals surface area contributed by atoms with E-state index >= 15 is 0 Å². The molecule has 1 N–H and O–H groups in total. The quantitative estimate of drug-likeness (QED) is 0.806. The van der Waals surface area contributed by atoms with E-state index in [0.717, 1.165) is 11.3 Å². The molecule has 0 spiro atoms. The number of hydrogen-bond acceptors (Lipinski definition) is 4. The van der Waals surface area contributed by atoms with Crippen molar-refractivity contribution < 1.29 is 14.3 Å². The van der Waals surface area contributed by atoms with Crippen LogP contribution >= 0.6 is 0 Å². The van der Waals surface area contributed by atoms with Crippen molar-refractivity contribution in [2.45, 2.75) is 6.92 Å². The van der Waals surface area contributed by atoms with Gasteiger partial charge in [-0.3, -0.25) is 4.98 Å². The van der Waals surface area contributed by atoms with Crippen molar-refractivity contribution in [1.82, 2.24) is 9.97 Å². The van der Waals surface area contributed by atoms with E-state index in [-0.39, 0.29) is 11.7 Å². The summed E-state index contributed by atoms with van der Waals surface area (Å²) in [5, 5.41) is 8.65. The molecular weight excluding hydrogens is 196 g/mol. The number of rotatable bonds is 2. The first-order chi connectivity index (χ1) is 7.16. The molecule has 0 saturated heterocycles. The first kappa shape index (κ1) is 9.39. The molecule has 2 aromatic rings. The highest BCUT2D eigenvalue weighted by molar-refractivity contribution is 5.84. The number of aromatic nitrogens is 2. The lowest BCUT2D eigenvalue weighted by molar-refractivity contribution is 0.0663. The van der Waals surface area contributed by atoms with Gasteiger partial charge < -0.3 is 9.52 Å². The highest BCUT2D eigenvalue weighted by Gasteiger charge is 2.11. The van der Waals surface area contributed by atoms with Crippen LogP contribution in [0.25, 0.3) is 11.5 Å². The van der Waals surface area contributed by atoms with E-state index in [1.165, 1.54) is 6.20 Å². The van der Waals surface area contributed by atoms with Gasteiger partial charge in [0.25, 0.3) is 0 Å². The smallest absolute Gasteiger partial charge is 0.373 e. The second-order valence-electron chi connectivity index (χ2n) is 3.02. The van der Waals surface area contributed by atoms with E-state index in [1.54, 1.807) is 18.3 Å². The fraction of sp³-hybridized carbons (Fsp3) is 0.100. The van der Waals surface area contributed by atoms with Gasteiger partial charge in [-0.25, -0.2) is 9.78 Å². The second kappa shape index (κ2) is 3.53. The van der Waals surface area contributed by atoms with Crippen LogP contribution in [0.2, 0.25) is 0 Å². The van der Waals surface area contributed by atoms with Gasteiger partial charge in [-0.1, -0.05) is 0 Å². The Bertz CT molecular complexity index is 505. The normalized spacial score (nSPS) is 10.2. The SMILES string of the molecule is Cc1cc(-c2ncc(C(=O)O)o2)ccn1.